The number of carbonyl (C=O) groups excluding carboxylic acids is 3. The highest BCUT2D eigenvalue weighted by atomic mass is 16.4. The van der Waals surface area contributed by atoms with Crippen LogP contribution in [0.25, 0.3) is 0 Å². The fourth-order valence-electron chi connectivity index (χ4n) is 1.73. The monoisotopic (exact) mass is 362 g/mol. The molecule has 0 saturated heterocycles. The Balaban J connectivity index is 4.86. The zero-order chi connectivity index (χ0) is 19.7. The maximum atomic E-state index is 12.3. The number of rotatable bonds is 10. The van der Waals surface area contributed by atoms with Gasteiger partial charge >= 0.3 is 5.97 Å². The zero-order valence-corrected chi connectivity index (χ0v) is 14.4. The molecule has 4 atom stereocenters. The Kier molecular flexibility index (Phi) is 9.64. The van der Waals surface area contributed by atoms with Crippen LogP contribution in [0.1, 0.15) is 20.8 Å². The Bertz CT molecular complexity index is 498. The molecule has 25 heavy (non-hydrogen) atoms. The Morgan fingerprint density at radius 1 is 0.880 bits per heavy atom. The highest BCUT2D eigenvalue weighted by Crippen LogP contribution is 2.03. The van der Waals surface area contributed by atoms with Gasteiger partial charge in [-0.05, 0) is 12.8 Å². The number of hydrogen-bond acceptors (Lipinski definition) is 7. The molecule has 0 aromatic heterocycles. The van der Waals surface area contributed by atoms with Crippen molar-refractivity contribution >= 4 is 23.7 Å². The summed E-state index contributed by atoms with van der Waals surface area (Å²) in [5.41, 5.74) is 5.38. The van der Waals surface area contributed by atoms with E-state index in [0.717, 1.165) is 0 Å². The van der Waals surface area contributed by atoms with Crippen molar-refractivity contribution in [3.05, 3.63) is 0 Å². The van der Waals surface area contributed by atoms with Gasteiger partial charge in [0.25, 0.3) is 0 Å². The standard InChI is InChI=1S/C14H26N4O7/c1-6(2)10(18-12(22)8(15)4-19)13(23)16-7(3)11(21)17-9(5-20)14(24)25/h6-10,19-20H,4-5,15H2,1-3H3,(H,16,23)(H,17,21)(H,18,22)(H,24,25). The number of carboxylic acid groups (broad SMARTS) is 1. The SMILES string of the molecule is CC(NC(=O)C(NC(=O)C(N)CO)C(C)C)C(=O)NC(CO)C(=O)O. The number of hydrogen-bond donors (Lipinski definition) is 7. The molecule has 0 saturated carbocycles. The van der Waals surface area contributed by atoms with Gasteiger partial charge in [-0.3, -0.25) is 14.4 Å². The molecule has 0 aromatic carbocycles. The molecule has 0 aliphatic heterocycles. The van der Waals surface area contributed by atoms with Gasteiger partial charge in [-0.15, -0.1) is 0 Å². The van der Waals surface area contributed by atoms with Crippen molar-refractivity contribution in [2.75, 3.05) is 13.2 Å². The number of carbonyl (C=O) groups is 4. The lowest BCUT2D eigenvalue weighted by atomic mass is 10.0. The van der Waals surface area contributed by atoms with E-state index in [1.54, 1.807) is 13.8 Å². The van der Waals surface area contributed by atoms with Crippen LogP contribution in [0.5, 0.6) is 0 Å². The van der Waals surface area contributed by atoms with Crippen LogP contribution < -0.4 is 21.7 Å². The van der Waals surface area contributed by atoms with Gasteiger partial charge in [-0.1, -0.05) is 13.8 Å². The van der Waals surface area contributed by atoms with Gasteiger partial charge < -0.3 is 37.0 Å². The van der Waals surface area contributed by atoms with Crippen LogP contribution in [0.2, 0.25) is 0 Å². The highest BCUT2D eigenvalue weighted by molar-refractivity contribution is 5.94. The molecule has 0 aliphatic rings. The zero-order valence-electron chi connectivity index (χ0n) is 14.4. The predicted molar refractivity (Wildman–Crippen MR) is 86.1 cm³/mol. The van der Waals surface area contributed by atoms with Crippen LogP contribution in [-0.2, 0) is 19.2 Å². The summed E-state index contributed by atoms with van der Waals surface area (Å²) in [6.07, 6.45) is 0. The summed E-state index contributed by atoms with van der Waals surface area (Å²) in [4.78, 5) is 46.6. The minimum Gasteiger partial charge on any atom is -0.480 e. The van der Waals surface area contributed by atoms with E-state index in [0.29, 0.717) is 0 Å². The van der Waals surface area contributed by atoms with Crippen molar-refractivity contribution in [3.8, 4) is 0 Å². The number of aliphatic hydroxyl groups is 2. The summed E-state index contributed by atoms with van der Waals surface area (Å²) < 4.78 is 0. The topological polar surface area (TPSA) is 191 Å². The van der Waals surface area contributed by atoms with Gasteiger partial charge in [0.1, 0.15) is 24.2 Å². The van der Waals surface area contributed by atoms with E-state index in [4.69, 9.17) is 21.1 Å². The van der Waals surface area contributed by atoms with Gasteiger partial charge in [0.15, 0.2) is 0 Å². The second-order valence-corrected chi connectivity index (χ2v) is 5.83. The van der Waals surface area contributed by atoms with Gasteiger partial charge in [-0.2, -0.15) is 0 Å². The average molecular weight is 362 g/mol. The molecule has 4 unspecified atom stereocenters. The molecule has 0 aliphatic carbocycles. The van der Waals surface area contributed by atoms with Gasteiger partial charge in [0.2, 0.25) is 17.7 Å². The van der Waals surface area contributed by atoms with Crippen molar-refractivity contribution in [1.29, 1.82) is 0 Å². The summed E-state index contributed by atoms with van der Waals surface area (Å²) in [5.74, 6) is -3.96. The molecule has 144 valence electrons. The van der Waals surface area contributed by atoms with E-state index >= 15 is 0 Å². The minimum atomic E-state index is -1.49. The Morgan fingerprint density at radius 2 is 1.44 bits per heavy atom. The van der Waals surface area contributed by atoms with E-state index in [-0.39, 0.29) is 5.92 Å². The normalized spacial score (nSPS) is 15.6. The van der Waals surface area contributed by atoms with Crippen molar-refractivity contribution in [2.24, 2.45) is 11.7 Å². The number of aliphatic carboxylic acids is 1. The van der Waals surface area contributed by atoms with Crippen LogP contribution in [0.3, 0.4) is 0 Å². The van der Waals surface area contributed by atoms with E-state index < -0.39 is 61.1 Å². The number of amides is 3. The Morgan fingerprint density at radius 3 is 1.84 bits per heavy atom. The molecule has 8 N–H and O–H groups in total. The van der Waals surface area contributed by atoms with E-state index in [1.807, 2.05) is 0 Å². The van der Waals surface area contributed by atoms with Crippen molar-refractivity contribution in [3.63, 3.8) is 0 Å². The molecule has 0 fully saturated rings. The first-order chi connectivity index (χ1) is 11.5. The molecular weight excluding hydrogens is 336 g/mol. The first-order valence-corrected chi connectivity index (χ1v) is 7.66. The highest BCUT2D eigenvalue weighted by Gasteiger charge is 2.29. The second kappa shape index (κ2) is 10.6. The number of nitrogens with one attached hydrogen (secondary N) is 3. The molecule has 0 heterocycles. The third-order valence-electron chi connectivity index (χ3n) is 3.33. The Hall–Kier alpha value is -2.24. The summed E-state index contributed by atoms with van der Waals surface area (Å²) >= 11 is 0. The number of aliphatic hydroxyl groups excluding tert-OH is 2. The molecule has 0 radical (unpaired) electrons. The summed E-state index contributed by atoms with van der Waals surface area (Å²) in [7, 11) is 0. The summed E-state index contributed by atoms with van der Waals surface area (Å²) in [6.45, 7) is 3.25. The van der Waals surface area contributed by atoms with Gasteiger partial charge in [-0.25, -0.2) is 4.79 Å². The fraction of sp³-hybridized carbons (Fsp3) is 0.714. The first kappa shape index (κ1) is 22.8. The first-order valence-electron chi connectivity index (χ1n) is 7.66. The lowest BCUT2D eigenvalue weighted by Crippen LogP contribution is -2.58. The molecule has 0 rings (SSSR count). The maximum absolute atomic E-state index is 12.3. The largest absolute Gasteiger partial charge is 0.480 e. The van der Waals surface area contributed by atoms with Crippen molar-refractivity contribution in [2.45, 2.75) is 44.9 Å². The molecule has 0 aromatic rings. The third-order valence-corrected chi connectivity index (χ3v) is 3.33. The van der Waals surface area contributed by atoms with E-state index in [1.165, 1.54) is 6.92 Å². The molecule has 0 bridgehead atoms. The van der Waals surface area contributed by atoms with E-state index in [2.05, 4.69) is 16.0 Å². The molecule has 11 nitrogen and oxygen atoms in total. The third kappa shape index (κ3) is 7.45. The van der Waals surface area contributed by atoms with Crippen LogP contribution in [0.15, 0.2) is 0 Å². The lowest BCUT2D eigenvalue weighted by Gasteiger charge is -2.25. The maximum Gasteiger partial charge on any atom is 0.328 e. The summed E-state index contributed by atoms with van der Waals surface area (Å²) in [6, 6.07) is -4.79. The molecular formula is C14H26N4O7. The van der Waals surface area contributed by atoms with Crippen molar-refractivity contribution in [1.82, 2.24) is 16.0 Å². The Labute approximate surface area is 145 Å². The quantitative estimate of drug-likeness (QED) is 0.208. The average Bonchev–Trinajstić information content (AvgIpc) is 2.54. The molecule has 11 heteroatoms. The van der Waals surface area contributed by atoms with Crippen LogP contribution in [-0.4, -0.2) is 76.4 Å². The fourth-order valence-corrected chi connectivity index (χ4v) is 1.73. The molecule has 0 spiro atoms. The van der Waals surface area contributed by atoms with Crippen LogP contribution in [0, 0.1) is 5.92 Å². The van der Waals surface area contributed by atoms with Crippen LogP contribution in [0.4, 0.5) is 0 Å². The van der Waals surface area contributed by atoms with Gasteiger partial charge in [0.05, 0.1) is 13.2 Å². The molecule has 3 amide bonds. The lowest BCUT2D eigenvalue weighted by molar-refractivity contribution is -0.143. The number of carboxylic acids is 1. The minimum absolute atomic E-state index is 0.339. The second-order valence-electron chi connectivity index (χ2n) is 5.83. The van der Waals surface area contributed by atoms with Crippen LogP contribution >= 0.6 is 0 Å². The predicted octanol–water partition coefficient (Wildman–Crippen LogP) is -3.49. The summed E-state index contributed by atoms with van der Waals surface area (Å²) in [5, 5.41) is 33.3. The van der Waals surface area contributed by atoms with Gasteiger partial charge in [0, 0.05) is 0 Å². The smallest absolute Gasteiger partial charge is 0.328 e. The number of nitrogens with two attached hydrogens (primary N) is 1. The van der Waals surface area contributed by atoms with Crippen molar-refractivity contribution < 1.29 is 34.5 Å². The van der Waals surface area contributed by atoms with E-state index in [9.17, 15) is 19.2 Å².